The van der Waals surface area contributed by atoms with Gasteiger partial charge < -0.3 is 4.74 Å². The first-order valence-corrected chi connectivity index (χ1v) is 10.4. The second kappa shape index (κ2) is 7.41. The van der Waals surface area contributed by atoms with Crippen molar-refractivity contribution in [1.82, 2.24) is 14.8 Å². The van der Waals surface area contributed by atoms with E-state index in [1.807, 2.05) is 60.3 Å². The molecule has 5 heteroatoms. The van der Waals surface area contributed by atoms with Crippen LogP contribution in [0.1, 0.15) is 52.6 Å². The van der Waals surface area contributed by atoms with E-state index in [1.54, 1.807) is 0 Å². The zero-order chi connectivity index (χ0) is 20.7. The van der Waals surface area contributed by atoms with E-state index in [1.165, 1.54) is 0 Å². The van der Waals surface area contributed by atoms with Crippen LogP contribution in [0.3, 0.4) is 0 Å². The molecular weight excluding hydrogens is 374 g/mol. The monoisotopic (exact) mass is 397 g/mol. The lowest BCUT2D eigenvalue weighted by Crippen LogP contribution is -2.13. The summed E-state index contributed by atoms with van der Waals surface area (Å²) in [6, 6.07) is 18.0. The highest BCUT2D eigenvalue weighted by Gasteiger charge is 2.28. The Morgan fingerprint density at radius 1 is 1.07 bits per heavy atom. The van der Waals surface area contributed by atoms with Gasteiger partial charge in [0.2, 0.25) is 5.78 Å². The zero-order valence-electron chi connectivity index (χ0n) is 17.1. The third-order valence-electron chi connectivity index (χ3n) is 5.85. The van der Waals surface area contributed by atoms with E-state index in [2.05, 4.69) is 24.2 Å². The van der Waals surface area contributed by atoms with Crippen LogP contribution in [0.5, 0.6) is 5.75 Å². The molecule has 150 valence electrons. The maximum atomic E-state index is 13.5. The third kappa shape index (κ3) is 2.89. The summed E-state index contributed by atoms with van der Waals surface area (Å²) in [4.78, 5) is 18.3. The van der Waals surface area contributed by atoms with Gasteiger partial charge in [-0.05, 0) is 37.8 Å². The summed E-state index contributed by atoms with van der Waals surface area (Å²) in [5.41, 5.74) is 4.98. The Kier molecular flexibility index (Phi) is 4.58. The van der Waals surface area contributed by atoms with Crippen LogP contribution in [0, 0.1) is 0 Å². The van der Waals surface area contributed by atoms with Crippen LogP contribution in [-0.4, -0.2) is 27.2 Å². The predicted octanol–water partition coefficient (Wildman–Crippen LogP) is 4.77. The largest absolute Gasteiger partial charge is 0.493 e. The number of carbonyl (C=O) groups excluding carboxylic acids is 1. The van der Waals surface area contributed by atoms with E-state index >= 15 is 0 Å². The van der Waals surface area contributed by atoms with Gasteiger partial charge in [-0.2, -0.15) is 5.10 Å². The average molecular weight is 397 g/mol. The lowest BCUT2D eigenvalue weighted by atomic mass is 10.0. The number of aromatic nitrogens is 3. The molecule has 0 saturated heterocycles. The number of benzene rings is 2. The Labute approximate surface area is 175 Å². The molecule has 1 unspecified atom stereocenters. The number of rotatable bonds is 4. The molecule has 2 aromatic carbocycles. The second-order valence-corrected chi connectivity index (χ2v) is 7.60. The van der Waals surface area contributed by atoms with Crippen molar-refractivity contribution >= 4 is 16.8 Å². The van der Waals surface area contributed by atoms with E-state index in [4.69, 9.17) is 9.72 Å². The fourth-order valence-electron chi connectivity index (χ4n) is 4.30. The Hall–Kier alpha value is -3.47. The van der Waals surface area contributed by atoms with Gasteiger partial charge in [-0.15, -0.1) is 0 Å². The van der Waals surface area contributed by atoms with Gasteiger partial charge in [0.15, 0.2) is 5.65 Å². The SMILES string of the molecule is CCOc1c2c(nc3c1cnn3C(C)c1ccccc1)C(=O)c1ccccc1CC2. The number of aryl methyl sites for hydroxylation is 1. The average Bonchev–Trinajstić information content (AvgIpc) is 3.15. The first-order valence-electron chi connectivity index (χ1n) is 10.4. The number of nitrogens with zero attached hydrogens (tertiary/aromatic N) is 3. The molecule has 0 N–H and O–H groups in total. The van der Waals surface area contributed by atoms with Crippen molar-refractivity contribution in [2.45, 2.75) is 32.7 Å². The highest BCUT2D eigenvalue weighted by molar-refractivity contribution is 6.11. The van der Waals surface area contributed by atoms with Gasteiger partial charge in [0.05, 0.1) is 24.2 Å². The van der Waals surface area contributed by atoms with Gasteiger partial charge in [0.25, 0.3) is 0 Å². The molecule has 0 spiro atoms. The molecule has 0 aliphatic heterocycles. The number of pyridine rings is 1. The molecule has 4 aromatic rings. The van der Waals surface area contributed by atoms with Crippen LogP contribution in [0.4, 0.5) is 0 Å². The molecule has 1 atom stereocenters. The first kappa shape index (κ1) is 18.6. The molecular formula is C25H23N3O2. The minimum absolute atomic E-state index is 0.0168. The van der Waals surface area contributed by atoms with Crippen molar-refractivity contribution in [3.8, 4) is 5.75 Å². The van der Waals surface area contributed by atoms with E-state index in [-0.39, 0.29) is 11.8 Å². The topological polar surface area (TPSA) is 57.0 Å². The maximum Gasteiger partial charge on any atom is 0.212 e. The summed E-state index contributed by atoms with van der Waals surface area (Å²) in [7, 11) is 0. The smallest absolute Gasteiger partial charge is 0.212 e. The third-order valence-corrected chi connectivity index (χ3v) is 5.85. The standard InChI is InChI=1S/C25H23N3O2/c1-3-30-24-20-14-13-18-11-7-8-12-19(18)23(29)22(20)27-25-21(24)15-26-28(25)16(2)17-9-5-4-6-10-17/h4-12,15-16H,3,13-14H2,1-2H3. The number of hydrogen-bond donors (Lipinski definition) is 0. The van der Waals surface area contributed by atoms with Gasteiger partial charge in [0, 0.05) is 11.1 Å². The molecule has 2 aromatic heterocycles. The summed E-state index contributed by atoms with van der Waals surface area (Å²) in [5.74, 6) is 0.700. The minimum Gasteiger partial charge on any atom is -0.493 e. The van der Waals surface area contributed by atoms with Crippen molar-refractivity contribution in [3.05, 3.63) is 88.7 Å². The van der Waals surface area contributed by atoms with Gasteiger partial charge in [-0.3, -0.25) is 4.79 Å². The fraction of sp³-hybridized carbons (Fsp3) is 0.240. The lowest BCUT2D eigenvalue weighted by Gasteiger charge is -2.16. The van der Waals surface area contributed by atoms with Crippen LogP contribution < -0.4 is 4.74 Å². The minimum atomic E-state index is -0.0407. The van der Waals surface area contributed by atoms with Crippen molar-refractivity contribution in [3.63, 3.8) is 0 Å². The van der Waals surface area contributed by atoms with Crippen molar-refractivity contribution in [2.24, 2.45) is 0 Å². The zero-order valence-corrected chi connectivity index (χ0v) is 17.1. The number of fused-ring (bicyclic) bond motifs is 3. The number of hydrogen-bond acceptors (Lipinski definition) is 4. The van der Waals surface area contributed by atoms with E-state index in [0.29, 0.717) is 17.9 Å². The molecule has 0 saturated carbocycles. The number of ketones is 1. The van der Waals surface area contributed by atoms with E-state index < -0.39 is 0 Å². The Morgan fingerprint density at radius 2 is 1.83 bits per heavy atom. The maximum absolute atomic E-state index is 13.5. The number of carbonyl (C=O) groups is 1. The molecule has 5 rings (SSSR count). The van der Waals surface area contributed by atoms with Gasteiger partial charge >= 0.3 is 0 Å². The highest BCUT2D eigenvalue weighted by atomic mass is 16.5. The summed E-state index contributed by atoms with van der Waals surface area (Å²) in [6.45, 7) is 4.57. The molecule has 30 heavy (non-hydrogen) atoms. The Bertz CT molecular complexity index is 1240. The van der Waals surface area contributed by atoms with Gasteiger partial charge in [-0.1, -0.05) is 54.6 Å². The summed E-state index contributed by atoms with van der Waals surface area (Å²) in [6.07, 6.45) is 3.32. The molecule has 0 fully saturated rings. The van der Waals surface area contributed by atoms with Crippen LogP contribution >= 0.6 is 0 Å². The van der Waals surface area contributed by atoms with Crippen molar-refractivity contribution in [1.29, 1.82) is 0 Å². The second-order valence-electron chi connectivity index (χ2n) is 7.60. The van der Waals surface area contributed by atoms with Crippen LogP contribution in [0.25, 0.3) is 11.0 Å². The normalized spacial score (nSPS) is 14.1. The molecule has 0 amide bonds. The summed E-state index contributed by atoms with van der Waals surface area (Å²) >= 11 is 0. The Morgan fingerprint density at radius 3 is 2.63 bits per heavy atom. The molecule has 1 aliphatic carbocycles. The summed E-state index contributed by atoms with van der Waals surface area (Å²) < 4.78 is 7.96. The van der Waals surface area contributed by atoms with Crippen LogP contribution in [0.2, 0.25) is 0 Å². The molecule has 2 heterocycles. The fourth-order valence-corrected chi connectivity index (χ4v) is 4.30. The first-order chi connectivity index (χ1) is 14.7. The molecule has 0 radical (unpaired) electrons. The predicted molar refractivity (Wildman–Crippen MR) is 116 cm³/mol. The lowest BCUT2D eigenvalue weighted by molar-refractivity contribution is 0.103. The number of ether oxygens (including phenoxy) is 1. The quantitative estimate of drug-likeness (QED) is 0.498. The summed E-state index contributed by atoms with van der Waals surface area (Å²) in [5, 5.41) is 5.50. The van der Waals surface area contributed by atoms with Gasteiger partial charge in [-0.25, -0.2) is 9.67 Å². The van der Waals surface area contributed by atoms with Crippen LogP contribution in [-0.2, 0) is 12.8 Å². The van der Waals surface area contributed by atoms with Gasteiger partial charge in [0.1, 0.15) is 11.4 Å². The highest BCUT2D eigenvalue weighted by Crippen LogP contribution is 2.36. The van der Waals surface area contributed by atoms with Crippen molar-refractivity contribution < 1.29 is 9.53 Å². The molecule has 5 nitrogen and oxygen atoms in total. The van der Waals surface area contributed by atoms with E-state index in [0.717, 1.165) is 46.2 Å². The van der Waals surface area contributed by atoms with Crippen LogP contribution in [0.15, 0.2) is 60.8 Å². The van der Waals surface area contributed by atoms with Crippen molar-refractivity contribution in [2.75, 3.05) is 6.61 Å². The molecule has 1 aliphatic rings. The Balaban J connectivity index is 1.74. The van der Waals surface area contributed by atoms with E-state index in [9.17, 15) is 4.79 Å². The molecule has 0 bridgehead atoms.